The van der Waals surface area contributed by atoms with Crippen LogP contribution in [0.1, 0.15) is 37.2 Å². The van der Waals surface area contributed by atoms with Crippen LogP contribution in [0.2, 0.25) is 0 Å². The number of nitrogens with one attached hydrogen (secondary N) is 1. The standard InChI is InChI=1S/C19H23F3N4O2/c20-19(21,22)13-26(18(12-23)8-10-25-11-9-18)16(27)7-6-15(17(24)28)14-4-2-1-3-5-14/h1-5,15,25H,6-11,13H2,(H2,24,28)/t15-/m0/s1. The van der Waals surface area contributed by atoms with Gasteiger partial charge in [-0.15, -0.1) is 0 Å². The average Bonchev–Trinajstić information content (AvgIpc) is 2.66. The van der Waals surface area contributed by atoms with Crippen molar-refractivity contribution in [2.45, 2.75) is 43.3 Å². The summed E-state index contributed by atoms with van der Waals surface area (Å²) in [5.74, 6) is -2.25. The van der Waals surface area contributed by atoms with E-state index in [1.54, 1.807) is 30.3 Å². The molecule has 0 unspecified atom stereocenters. The summed E-state index contributed by atoms with van der Waals surface area (Å²) in [5, 5.41) is 12.6. The van der Waals surface area contributed by atoms with Gasteiger partial charge in [0.25, 0.3) is 0 Å². The average molecular weight is 396 g/mol. The molecule has 0 aromatic heterocycles. The number of alkyl halides is 3. The maximum Gasteiger partial charge on any atom is 0.406 e. The van der Waals surface area contributed by atoms with Gasteiger partial charge in [0, 0.05) is 6.42 Å². The zero-order valence-corrected chi connectivity index (χ0v) is 15.3. The lowest BCUT2D eigenvalue weighted by Crippen LogP contribution is -2.58. The third kappa shape index (κ3) is 5.45. The van der Waals surface area contributed by atoms with Crippen LogP contribution < -0.4 is 11.1 Å². The number of nitrogens with zero attached hydrogens (tertiary/aromatic N) is 2. The molecule has 9 heteroatoms. The van der Waals surface area contributed by atoms with Crippen molar-refractivity contribution in [3.05, 3.63) is 35.9 Å². The van der Waals surface area contributed by atoms with Gasteiger partial charge in [-0.25, -0.2) is 0 Å². The van der Waals surface area contributed by atoms with Crippen LogP contribution in [0, 0.1) is 11.3 Å². The number of hydrogen-bond donors (Lipinski definition) is 2. The van der Waals surface area contributed by atoms with Gasteiger partial charge < -0.3 is 16.0 Å². The van der Waals surface area contributed by atoms with E-state index < -0.39 is 36.0 Å². The monoisotopic (exact) mass is 396 g/mol. The molecule has 2 amide bonds. The predicted octanol–water partition coefficient (Wildman–Crippen LogP) is 2.07. The molecule has 0 aliphatic carbocycles. The molecule has 1 aliphatic rings. The molecule has 3 N–H and O–H groups in total. The highest BCUT2D eigenvalue weighted by molar-refractivity contribution is 5.83. The summed E-state index contributed by atoms with van der Waals surface area (Å²) < 4.78 is 39.4. The molecule has 152 valence electrons. The number of amides is 2. The smallest absolute Gasteiger partial charge is 0.369 e. The maximum absolute atomic E-state index is 13.1. The van der Waals surface area contributed by atoms with Gasteiger partial charge in [-0.2, -0.15) is 18.4 Å². The molecule has 2 rings (SSSR count). The third-order valence-corrected chi connectivity index (χ3v) is 4.99. The van der Waals surface area contributed by atoms with Crippen LogP contribution in [-0.4, -0.2) is 48.1 Å². The summed E-state index contributed by atoms with van der Waals surface area (Å²) in [6.07, 6.45) is -4.73. The van der Waals surface area contributed by atoms with Gasteiger partial charge in [-0.3, -0.25) is 9.59 Å². The van der Waals surface area contributed by atoms with Gasteiger partial charge in [0.2, 0.25) is 11.8 Å². The Morgan fingerprint density at radius 1 is 1.25 bits per heavy atom. The number of halogens is 3. The molecule has 0 bridgehead atoms. The van der Waals surface area contributed by atoms with Crippen molar-refractivity contribution >= 4 is 11.8 Å². The highest BCUT2D eigenvalue weighted by Gasteiger charge is 2.46. The van der Waals surface area contributed by atoms with Crippen LogP contribution in [-0.2, 0) is 9.59 Å². The molecule has 0 saturated carbocycles. The van der Waals surface area contributed by atoms with Gasteiger partial charge in [-0.05, 0) is 37.9 Å². The number of carbonyl (C=O) groups is 2. The van der Waals surface area contributed by atoms with Gasteiger partial charge >= 0.3 is 6.18 Å². The Hall–Kier alpha value is -2.60. The summed E-state index contributed by atoms with van der Waals surface area (Å²) in [6, 6.07) is 10.5. The third-order valence-electron chi connectivity index (χ3n) is 4.99. The highest BCUT2D eigenvalue weighted by atomic mass is 19.4. The molecule has 28 heavy (non-hydrogen) atoms. The lowest BCUT2D eigenvalue weighted by molar-refractivity contribution is -0.171. The number of hydrogen-bond acceptors (Lipinski definition) is 4. The van der Waals surface area contributed by atoms with Crippen LogP contribution in [0.25, 0.3) is 0 Å². The summed E-state index contributed by atoms with van der Waals surface area (Å²) in [6.45, 7) is -0.793. The minimum Gasteiger partial charge on any atom is -0.369 e. The predicted molar refractivity (Wildman–Crippen MR) is 95.8 cm³/mol. The first kappa shape index (κ1) is 21.7. The molecular weight excluding hydrogens is 373 g/mol. The number of nitrogens with two attached hydrogens (primary N) is 1. The van der Waals surface area contributed by atoms with Crippen molar-refractivity contribution in [2.75, 3.05) is 19.6 Å². The highest BCUT2D eigenvalue weighted by Crippen LogP contribution is 2.31. The molecular formula is C19H23F3N4O2. The first-order valence-electron chi connectivity index (χ1n) is 9.02. The molecule has 6 nitrogen and oxygen atoms in total. The van der Waals surface area contributed by atoms with Gasteiger partial charge in [0.1, 0.15) is 12.1 Å². The van der Waals surface area contributed by atoms with E-state index in [0.717, 1.165) is 0 Å². The van der Waals surface area contributed by atoms with Crippen molar-refractivity contribution in [1.82, 2.24) is 10.2 Å². The van der Waals surface area contributed by atoms with E-state index >= 15 is 0 Å². The van der Waals surface area contributed by atoms with Crippen molar-refractivity contribution in [3.63, 3.8) is 0 Å². The molecule has 0 radical (unpaired) electrons. The van der Waals surface area contributed by atoms with E-state index in [1.807, 2.05) is 6.07 Å². The molecule has 1 aromatic carbocycles. The van der Waals surface area contributed by atoms with Gasteiger partial charge in [0.05, 0.1) is 12.0 Å². The fraction of sp³-hybridized carbons (Fsp3) is 0.526. The molecule has 1 aliphatic heterocycles. The Morgan fingerprint density at radius 3 is 2.36 bits per heavy atom. The fourth-order valence-corrected chi connectivity index (χ4v) is 3.50. The van der Waals surface area contributed by atoms with Crippen LogP contribution in [0.5, 0.6) is 0 Å². The first-order chi connectivity index (χ1) is 13.2. The molecule has 1 heterocycles. The van der Waals surface area contributed by atoms with Crippen LogP contribution in [0.3, 0.4) is 0 Å². The molecule has 1 fully saturated rings. The zero-order valence-electron chi connectivity index (χ0n) is 15.3. The van der Waals surface area contributed by atoms with E-state index in [1.165, 1.54) is 0 Å². The van der Waals surface area contributed by atoms with E-state index in [0.29, 0.717) is 23.6 Å². The number of carbonyl (C=O) groups excluding carboxylic acids is 2. The number of rotatable bonds is 7. The Labute approximate surface area is 161 Å². The molecule has 1 saturated heterocycles. The number of piperidine rings is 1. The van der Waals surface area contributed by atoms with Crippen molar-refractivity contribution in [1.29, 1.82) is 5.26 Å². The lowest BCUT2D eigenvalue weighted by atomic mass is 9.86. The van der Waals surface area contributed by atoms with Crippen molar-refractivity contribution in [3.8, 4) is 6.07 Å². The second-order valence-corrected chi connectivity index (χ2v) is 6.89. The van der Waals surface area contributed by atoms with Crippen molar-refractivity contribution in [2.24, 2.45) is 5.73 Å². The SMILES string of the molecule is N#CC1(N(CC(F)(F)F)C(=O)CC[C@H](C(N)=O)c2ccccc2)CCNCC1. The Kier molecular flexibility index (Phi) is 7.02. The quantitative estimate of drug-likeness (QED) is 0.737. The minimum absolute atomic E-state index is 0.0215. The number of benzene rings is 1. The van der Waals surface area contributed by atoms with Crippen LogP contribution >= 0.6 is 0 Å². The topological polar surface area (TPSA) is 99.2 Å². The van der Waals surface area contributed by atoms with E-state index in [-0.39, 0.29) is 25.7 Å². The Morgan fingerprint density at radius 2 is 1.86 bits per heavy atom. The largest absolute Gasteiger partial charge is 0.406 e. The maximum atomic E-state index is 13.1. The summed E-state index contributed by atoms with van der Waals surface area (Å²) in [7, 11) is 0. The van der Waals surface area contributed by atoms with Gasteiger partial charge in [-0.1, -0.05) is 30.3 Å². The van der Waals surface area contributed by atoms with E-state index in [4.69, 9.17) is 5.73 Å². The second kappa shape index (κ2) is 9.06. The second-order valence-electron chi connectivity index (χ2n) is 6.89. The number of primary amides is 1. The first-order valence-corrected chi connectivity index (χ1v) is 9.02. The van der Waals surface area contributed by atoms with Crippen molar-refractivity contribution < 1.29 is 22.8 Å². The van der Waals surface area contributed by atoms with E-state index in [9.17, 15) is 28.0 Å². The molecule has 1 atom stereocenters. The Bertz CT molecular complexity index is 725. The Balaban J connectivity index is 2.20. The molecule has 1 aromatic rings. The van der Waals surface area contributed by atoms with E-state index in [2.05, 4.69) is 5.32 Å². The summed E-state index contributed by atoms with van der Waals surface area (Å²) in [4.78, 5) is 25.2. The van der Waals surface area contributed by atoms with Crippen LogP contribution in [0.4, 0.5) is 13.2 Å². The summed E-state index contributed by atoms with van der Waals surface area (Å²) >= 11 is 0. The lowest BCUT2D eigenvalue weighted by Gasteiger charge is -2.42. The van der Waals surface area contributed by atoms with Crippen LogP contribution in [0.15, 0.2) is 30.3 Å². The summed E-state index contributed by atoms with van der Waals surface area (Å²) in [5.41, 5.74) is 4.52. The van der Waals surface area contributed by atoms with Gasteiger partial charge in [0.15, 0.2) is 0 Å². The zero-order chi connectivity index (χ0) is 20.8. The minimum atomic E-state index is -4.63. The molecule has 0 spiro atoms. The number of nitriles is 1. The fourth-order valence-electron chi connectivity index (χ4n) is 3.50. The normalized spacial score (nSPS) is 17.4.